The van der Waals surface area contributed by atoms with Gasteiger partial charge in [0.25, 0.3) is 5.56 Å². The molecule has 2 aromatic carbocycles. The molecule has 4 aromatic rings. The van der Waals surface area contributed by atoms with Crippen molar-refractivity contribution in [2.24, 2.45) is 4.99 Å². The van der Waals surface area contributed by atoms with E-state index in [0.29, 0.717) is 38.5 Å². The van der Waals surface area contributed by atoms with Crippen LogP contribution in [0.25, 0.3) is 17.0 Å². The number of hydrogen-bond acceptors (Lipinski definition) is 6. The van der Waals surface area contributed by atoms with Crippen LogP contribution in [-0.2, 0) is 16.1 Å². The third-order valence-corrected chi connectivity index (χ3v) is 8.41. The van der Waals surface area contributed by atoms with Crippen molar-refractivity contribution in [2.45, 2.75) is 46.4 Å². The van der Waals surface area contributed by atoms with E-state index in [1.165, 1.54) is 11.3 Å². The van der Waals surface area contributed by atoms with E-state index in [1.807, 2.05) is 49.4 Å². The summed E-state index contributed by atoms with van der Waals surface area (Å²) in [6.45, 7) is 12.0. The van der Waals surface area contributed by atoms with Gasteiger partial charge in [-0.1, -0.05) is 51.5 Å². The van der Waals surface area contributed by atoms with Crippen LogP contribution < -0.4 is 19.6 Å². The summed E-state index contributed by atoms with van der Waals surface area (Å²) in [5.41, 5.74) is 4.31. The van der Waals surface area contributed by atoms with Crippen LogP contribution in [0.4, 0.5) is 0 Å². The fourth-order valence-corrected chi connectivity index (χ4v) is 6.62. The molecule has 7 nitrogen and oxygen atoms in total. The highest BCUT2D eigenvalue weighted by molar-refractivity contribution is 9.10. The Bertz CT molecular complexity index is 1880. The fourth-order valence-electron chi connectivity index (χ4n) is 5.21. The maximum absolute atomic E-state index is 14.2. The number of esters is 1. The number of nitrogens with zero attached hydrogens (tertiary/aromatic N) is 3. The Morgan fingerprint density at radius 3 is 2.67 bits per heavy atom. The number of hydrogen-bond donors (Lipinski definition) is 0. The van der Waals surface area contributed by atoms with Gasteiger partial charge in [-0.05, 0) is 58.0 Å². The first kappa shape index (κ1) is 27.9. The van der Waals surface area contributed by atoms with Crippen LogP contribution in [0.2, 0.25) is 0 Å². The number of halogens is 1. The van der Waals surface area contributed by atoms with Gasteiger partial charge in [0.05, 0.1) is 29.0 Å². The quantitative estimate of drug-likeness (QED) is 0.205. The Morgan fingerprint density at radius 2 is 1.98 bits per heavy atom. The average molecular weight is 621 g/mol. The van der Waals surface area contributed by atoms with E-state index in [-0.39, 0.29) is 11.7 Å². The summed E-state index contributed by atoms with van der Waals surface area (Å²) in [4.78, 5) is 32.9. The largest absolute Gasteiger partial charge is 0.496 e. The minimum Gasteiger partial charge on any atom is -0.496 e. The Labute approximate surface area is 244 Å². The predicted molar refractivity (Wildman–Crippen MR) is 163 cm³/mol. The number of allylic oxidation sites excluding steroid dienone is 2. The standard InChI is InChI=1S/C31H30BrN3O4S/c1-7-14-34-19(5)22(21-10-8-9-11-24(21)34)16-26-29(36)35-28(23-15-20(32)12-13-25(23)38-6)27(30(37)39-17(2)3)18(4)33-31(35)40-26/h7-13,15-17,28H,1,14H2,2-6H3/b26-16-/t28-/m0/s1. The van der Waals surface area contributed by atoms with Crippen LogP contribution in [-0.4, -0.2) is 28.3 Å². The molecule has 2 aromatic heterocycles. The summed E-state index contributed by atoms with van der Waals surface area (Å²) in [6.07, 6.45) is 3.46. The number of aromatic nitrogens is 2. The molecule has 0 radical (unpaired) electrons. The van der Waals surface area contributed by atoms with Gasteiger partial charge in [-0.25, -0.2) is 9.79 Å². The number of carbonyl (C=O) groups is 1. The third-order valence-electron chi connectivity index (χ3n) is 6.94. The van der Waals surface area contributed by atoms with E-state index in [0.717, 1.165) is 26.6 Å². The van der Waals surface area contributed by atoms with Gasteiger partial charge in [-0.2, -0.15) is 0 Å². The number of rotatable bonds is 7. The molecule has 1 atom stereocenters. The predicted octanol–water partition coefficient (Wildman–Crippen LogP) is 5.41. The van der Waals surface area contributed by atoms with Crippen molar-refractivity contribution in [3.05, 3.63) is 107 Å². The number of para-hydroxylation sites is 1. The molecule has 0 bridgehead atoms. The van der Waals surface area contributed by atoms with Crippen LogP contribution in [0.5, 0.6) is 5.75 Å². The lowest BCUT2D eigenvalue weighted by Gasteiger charge is -2.26. The molecule has 0 N–H and O–H groups in total. The first-order valence-corrected chi connectivity index (χ1v) is 14.5. The maximum Gasteiger partial charge on any atom is 0.338 e. The molecular weight excluding hydrogens is 590 g/mol. The molecule has 0 fully saturated rings. The van der Waals surface area contributed by atoms with E-state index in [2.05, 4.69) is 39.2 Å². The fraction of sp³-hybridized carbons (Fsp3) is 0.258. The van der Waals surface area contributed by atoms with Crippen molar-refractivity contribution >= 4 is 50.2 Å². The maximum atomic E-state index is 14.2. The van der Waals surface area contributed by atoms with Crippen LogP contribution in [0, 0.1) is 6.92 Å². The van der Waals surface area contributed by atoms with Crippen molar-refractivity contribution in [1.29, 1.82) is 0 Å². The van der Waals surface area contributed by atoms with E-state index in [4.69, 9.17) is 14.5 Å². The summed E-state index contributed by atoms with van der Waals surface area (Å²) in [5, 5.41) is 1.05. The molecule has 0 spiro atoms. The van der Waals surface area contributed by atoms with Crippen molar-refractivity contribution in [3.63, 3.8) is 0 Å². The molecule has 206 valence electrons. The first-order chi connectivity index (χ1) is 19.2. The number of thiazole rings is 1. The first-order valence-electron chi connectivity index (χ1n) is 12.9. The molecule has 0 saturated carbocycles. The normalized spacial score (nSPS) is 15.4. The number of fused-ring (bicyclic) bond motifs is 2. The second-order valence-electron chi connectivity index (χ2n) is 9.84. The number of ether oxygens (including phenoxy) is 2. The zero-order valence-electron chi connectivity index (χ0n) is 23.0. The number of methoxy groups -OCH3 is 1. The molecule has 3 heterocycles. The van der Waals surface area contributed by atoms with E-state index < -0.39 is 12.0 Å². The van der Waals surface area contributed by atoms with Crippen molar-refractivity contribution in [3.8, 4) is 5.75 Å². The van der Waals surface area contributed by atoms with Gasteiger partial charge in [0.15, 0.2) is 4.80 Å². The average Bonchev–Trinajstić information content (AvgIpc) is 3.36. The SMILES string of the molecule is C=CCn1c(C)c(/C=c2\sc3n(c2=O)[C@@H](c2cc(Br)ccc2OC)C(C(=O)OC(C)C)=C(C)N=3)c2ccccc21. The molecule has 0 saturated heterocycles. The number of benzene rings is 2. The molecule has 9 heteroatoms. The van der Waals surface area contributed by atoms with E-state index >= 15 is 0 Å². The smallest absolute Gasteiger partial charge is 0.338 e. The van der Waals surface area contributed by atoms with Gasteiger partial charge in [0.2, 0.25) is 0 Å². The topological polar surface area (TPSA) is 74.8 Å². The summed E-state index contributed by atoms with van der Waals surface area (Å²) >= 11 is 4.85. The Hall–Kier alpha value is -3.69. The van der Waals surface area contributed by atoms with Gasteiger partial charge in [-0.15, -0.1) is 6.58 Å². The summed E-state index contributed by atoms with van der Waals surface area (Å²) in [6, 6.07) is 12.9. The molecule has 0 unspecified atom stereocenters. The van der Waals surface area contributed by atoms with Crippen molar-refractivity contribution < 1.29 is 14.3 Å². The van der Waals surface area contributed by atoms with Crippen LogP contribution >= 0.6 is 27.3 Å². The number of carbonyl (C=O) groups excluding carboxylic acids is 1. The summed E-state index contributed by atoms with van der Waals surface area (Å²) in [7, 11) is 1.57. The van der Waals surface area contributed by atoms with E-state index in [1.54, 1.807) is 32.4 Å². The zero-order valence-corrected chi connectivity index (χ0v) is 25.4. The van der Waals surface area contributed by atoms with Crippen LogP contribution in [0.15, 0.2) is 80.6 Å². The summed E-state index contributed by atoms with van der Waals surface area (Å²) in [5.74, 6) is 0.0385. The lowest BCUT2D eigenvalue weighted by Crippen LogP contribution is -2.40. The molecule has 5 rings (SSSR count). The van der Waals surface area contributed by atoms with Crippen LogP contribution in [0.3, 0.4) is 0 Å². The molecule has 40 heavy (non-hydrogen) atoms. The lowest BCUT2D eigenvalue weighted by atomic mass is 9.95. The highest BCUT2D eigenvalue weighted by Gasteiger charge is 2.35. The lowest BCUT2D eigenvalue weighted by molar-refractivity contribution is -0.143. The van der Waals surface area contributed by atoms with Crippen molar-refractivity contribution in [1.82, 2.24) is 9.13 Å². The van der Waals surface area contributed by atoms with Gasteiger partial charge < -0.3 is 14.0 Å². The summed E-state index contributed by atoms with van der Waals surface area (Å²) < 4.78 is 16.4. The highest BCUT2D eigenvalue weighted by atomic mass is 79.9. The minimum absolute atomic E-state index is 0.238. The zero-order chi connectivity index (χ0) is 28.7. The Morgan fingerprint density at radius 1 is 1.23 bits per heavy atom. The molecule has 1 aliphatic heterocycles. The molecule has 0 amide bonds. The Balaban J connectivity index is 1.80. The van der Waals surface area contributed by atoms with E-state index in [9.17, 15) is 9.59 Å². The van der Waals surface area contributed by atoms with Gasteiger partial charge in [-0.3, -0.25) is 9.36 Å². The third kappa shape index (κ3) is 4.77. The highest BCUT2D eigenvalue weighted by Crippen LogP contribution is 2.37. The van der Waals surface area contributed by atoms with Crippen molar-refractivity contribution in [2.75, 3.05) is 7.11 Å². The van der Waals surface area contributed by atoms with Gasteiger partial charge in [0, 0.05) is 38.7 Å². The van der Waals surface area contributed by atoms with Crippen LogP contribution in [0.1, 0.15) is 43.6 Å². The second-order valence-corrected chi connectivity index (χ2v) is 11.8. The molecular formula is C31H30BrN3O4S. The minimum atomic E-state index is -0.777. The molecule has 1 aliphatic rings. The van der Waals surface area contributed by atoms with Gasteiger partial charge in [0.1, 0.15) is 11.8 Å². The molecule has 0 aliphatic carbocycles. The monoisotopic (exact) mass is 619 g/mol. The van der Waals surface area contributed by atoms with Gasteiger partial charge >= 0.3 is 5.97 Å². The second kappa shape index (κ2) is 11.1. The Kier molecular flexibility index (Phi) is 7.70.